The Kier molecular flexibility index (Phi) is 5.50. The van der Waals surface area contributed by atoms with Crippen LogP contribution in [-0.2, 0) is 16.0 Å². The second-order valence-electron chi connectivity index (χ2n) is 9.82. The first-order chi connectivity index (χ1) is 15.6. The second-order valence-corrected chi connectivity index (χ2v) is 10.7. The summed E-state index contributed by atoms with van der Waals surface area (Å²) < 4.78 is 52.6. The van der Waals surface area contributed by atoms with Crippen molar-refractivity contribution in [3.05, 3.63) is 58.3 Å². The number of hydrogen-bond donors (Lipinski definition) is 2. The van der Waals surface area contributed by atoms with Crippen molar-refractivity contribution in [3.63, 3.8) is 0 Å². The number of nitrogens with zero attached hydrogens (tertiary/aromatic N) is 1. The van der Waals surface area contributed by atoms with Crippen molar-refractivity contribution in [3.8, 4) is 0 Å². The van der Waals surface area contributed by atoms with Crippen molar-refractivity contribution in [2.45, 2.75) is 68.7 Å². The summed E-state index contributed by atoms with van der Waals surface area (Å²) in [7, 11) is 0. The number of aromatic nitrogens is 1. The summed E-state index contributed by atoms with van der Waals surface area (Å²) in [6.45, 7) is 0. The van der Waals surface area contributed by atoms with Crippen LogP contribution in [0.25, 0.3) is 6.08 Å². The average Bonchev–Trinajstić information content (AvgIpc) is 3.49. The maximum absolute atomic E-state index is 14.0. The van der Waals surface area contributed by atoms with Gasteiger partial charge in [0.05, 0.1) is 0 Å². The third kappa shape index (κ3) is 4.27. The van der Waals surface area contributed by atoms with Crippen molar-refractivity contribution < 1.29 is 22.4 Å². The number of nitrogens with one attached hydrogen (secondary N) is 1. The Hall–Kier alpha value is -2.09. The number of aryl methyl sites for hydroxylation is 1. The molecule has 1 aromatic heterocycles. The van der Waals surface area contributed by atoms with Gasteiger partial charge in [-0.25, -0.2) is 4.39 Å². The Balaban J connectivity index is 1.25. The fourth-order valence-electron chi connectivity index (χ4n) is 5.69. The SMILES string of the molecule is O=C(NC1=CCCC(C(F)(F)F)=C1)[C@H]1CC12CCC(S)(c1ccnc3c1C=C(F)CC3)CC2. The zero-order valence-corrected chi connectivity index (χ0v) is 19.0. The van der Waals surface area contributed by atoms with E-state index in [9.17, 15) is 22.4 Å². The Morgan fingerprint density at radius 1 is 1.12 bits per heavy atom. The lowest BCUT2D eigenvalue weighted by atomic mass is 9.73. The van der Waals surface area contributed by atoms with Gasteiger partial charge >= 0.3 is 6.18 Å². The van der Waals surface area contributed by atoms with Gasteiger partial charge in [-0.15, -0.1) is 0 Å². The summed E-state index contributed by atoms with van der Waals surface area (Å²) in [5.74, 6) is -0.525. The molecule has 1 aromatic rings. The minimum atomic E-state index is -4.37. The Bertz CT molecular complexity index is 1080. The molecule has 0 bridgehead atoms. The number of rotatable bonds is 3. The minimum absolute atomic E-state index is 0.0575. The van der Waals surface area contributed by atoms with E-state index in [2.05, 4.69) is 10.3 Å². The molecule has 1 heterocycles. The fraction of sp³-hybridized carbons (Fsp3) is 0.520. The van der Waals surface area contributed by atoms with E-state index >= 15 is 0 Å². The highest BCUT2D eigenvalue weighted by Crippen LogP contribution is 2.65. The van der Waals surface area contributed by atoms with E-state index in [-0.39, 0.29) is 41.6 Å². The molecule has 1 N–H and O–H groups in total. The van der Waals surface area contributed by atoms with Gasteiger partial charge in [0.2, 0.25) is 5.91 Å². The lowest BCUT2D eigenvalue weighted by Crippen LogP contribution is -2.32. The van der Waals surface area contributed by atoms with Gasteiger partial charge in [-0.2, -0.15) is 25.8 Å². The molecule has 4 aliphatic rings. The molecule has 2 fully saturated rings. The van der Waals surface area contributed by atoms with Gasteiger partial charge in [-0.1, -0.05) is 6.08 Å². The number of amides is 1. The molecule has 0 aliphatic heterocycles. The number of allylic oxidation sites excluding steroid dienone is 4. The number of alkyl halides is 3. The summed E-state index contributed by atoms with van der Waals surface area (Å²) in [6.07, 6.45) is 6.72. The highest BCUT2D eigenvalue weighted by Gasteiger charge is 2.60. The molecule has 1 atom stereocenters. The zero-order chi connectivity index (χ0) is 23.4. The highest BCUT2D eigenvalue weighted by molar-refractivity contribution is 7.81. The largest absolute Gasteiger partial charge is 0.412 e. The Morgan fingerprint density at radius 2 is 1.88 bits per heavy atom. The topological polar surface area (TPSA) is 42.0 Å². The molecule has 2 saturated carbocycles. The van der Waals surface area contributed by atoms with Crippen molar-refractivity contribution in [2.75, 3.05) is 0 Å². The maximum atomic E-state index is 14.0. The number of hydrogen-bond acceptors (Lipinski definition) is 3. The zero-order valence-electron chi connectivity index (χ0n) is 18.1. The lowest BCUT2D eigenvalue weighted by molar-refractivity contribution is -0.122. The molecular weight excluding hydrogens is 452 g/mol. The summed E-state index contributed by atoms with van der Waals surface area (Å²) in [4.78, 5) is 17.2. The van der Waals surface area contributed by atoms with Crippen molar-refractivity contribution in [1.82, 2.24) is 10.3 Å². The van der Waals surface area contributed by atoms with E-state index in [4.69, 9.17) is 12.6 Å². The van der Waals surface area contributed by atoms with Crippen molar-refractivity contribution in [2.24, 2.45) is 11.3 Å². The molecule has 0 aromatic carbocycles. The first kappa shape index (κ1) is 22.7. The predicted molar refractivity (Wildman–Crippen MR) is 121 cm³/mol. The normalized spacial score (nSPS) is 31.3. The molecular formula is C25H26F4N2OS. The summed E-state index contributed by atoms with van der Waals surface area (Å²) in [5.41, 5.74) is 2.27. The third-order valence-corrected chi connectivity index (χ3v) is 8.48. The molecule has 176 valence electrons. The van der Waals surface area contributed by atoms with E-state index in [1.54, 1.807) is 18.3 Å². The van der Waals surface area contributed by atoms with Crippen LogP contribution < -0.4 is 5.32 Å². The molecule has 5 rings (SSSR count). The van der Waals surface area contributed by atoms with Crippen LogP contribution in [-0.4, -0.2) is 17.1 Å². The van der Waals surface area contributed by atoms with Crippen LogP contribution >= 0.6 is 12.6 Å². The number of thiol groups is 1. The van der Waals surface area contributed by atoms with E-state index in [1.807, 2.05) is 6.07 Å². The Labute approximate surface area is 195 Å². The van der Waals surface area contributed by atoms with Crippen molar-refractivity contribution >= 4 is 24.6 Å². The second kappa shape index (κ2) is 8.00. The van der Waals surface area contributed by atoms with E-state index in [0.717, 1.165) is 55.0 Å². The Morgan fingerprint density at radius 3 is 2.61 bits per heavy atom. The molecule has 3 nitrogen and oxygen atoms in total. The first-order valence-electron chi connectivity index (χ1n) is 11.5. The standard InChI is InChI=1S/C25H26F4N2OS/c26-16-4-5-21-18(13-16)19(6-11-30-21)24(33)9-7-23(8-10-24)14-20(23)22(32)31-17-3-1-2-15(12-17)25(27,28)29/h3,6,11-13,20,33H,1-2,4-5,7-10,14H2,(H,31,32)/t20-,23?,24?/m1/s1. The van der Waals surface area contributed by atoms with E-state index in [1.165, 1.54) is 0 Å². The summed E-state index contributed by atoms with van der Waals surface area (Å²) in [6, 6.07) is 1.93. The van der Waals surface area contributed by atoms with Crippen molar-refractivity contribution in [1.29, 1.82) is 0 Å². The van der Waals surface area contributed by atoms with Crippen LogP contribution in [0.4, 0.5) is 17.6 Å². The monoisotopic (exact) mass is 478 g/mol. The number of halogens is 4. The smallest absolute Gasteiger partial charge is 0.326 e. The van der Waals surface area contributed by atoms with E-state index in [0.29, 0.717) is 12.8 Å². The number of carbonyl (C=O) groups is 1. The highest BCUT2D eigenvalue weighted by atomic mass is 32.1. The van der Waals surface area contributed by atoms with Gasteiger partial charge in [0.1, 0.15) is 5.83 Å². The predicted octanol–water partition coefficient (Wildman–Crippen LogP) is 6.33. The maximum Gasteiger partial charge on any atom is 0.412 e. The third-order valence-electron chi connectivity index (χ3n) is 7.79. The van der Waals surface area contributed by atoms with Gasteiger partial charge in [0.15, 0.2) is 0 Å². The van der Waals surface area contributed by atoms with Gasteiger partial charge in [-0.3, -0.25) is 9.78 Å². The van der Waals surface area contributed by atoms with Gasteiger partial charge < -0.3 is 5.32 Å². The molecule has 0 radical (unpaired) electrons. The van der Waals surface area contributed by atoms with Crippen LogP contribution in [0.15, 0.2) is 41.5 Å². The lowest BCUT2D eigenvalue weighted by Gasteiger charge is -2.39. The number of carbonyl (C=O) groups excluding carboxylic acids is 1. The quantitative estimate of drug-likeness (QED) is 0.394. The molecule has 8 heteroatoms. The molecule has 33 heavy (non-hydrogen) atoms. The van der Waals surface area contributed by atoms with Gasteiger partial charge in [-0.05, 0) is 80.6 Å². The number of pyridine rings is 1. The molecule has 1 amide bonds. The van der Waals surface area contributed by atoms with Gasteiger partial charge in [0.25, 0.3) is 0 Å². The van der Waals surface area contributed by atoms with Gasteiger partial charge in [0, 0.05) is 45.8 Å². The van der Waals surface area contributed by atoms with Crippen LogP contribution in [0.1, 0.15) is 68.2 Å². The molecule has 4 aliphatic carbocycles. The molecule has 0 unspecified atom stereocenters. The molecule has 1 spiro atoms. The summed E-state index contributed by atoms with van der Waals surface area (Å²) >= 11 is 5.03. The summed E-state index contributed by atoms with van der Waals surface area (Å²) in [5, 5.41) is 2.72. The first-order valence-corrected chi connectivity index (χ1v) is 11.9. The van der Waals surface area contributed by atoms with Crippen LogP contribution in [0.5, 0.6) is 0 Å². The van der Waals surface area contributed by atoms with E-state index < -0.39 is 16.5 Å². The fourth-order valence-corrected chi connectivity index (χ4v) is 6.11. The minimum Gasteiger partial charge on any atom is -0.326 e. The van der Waals surface area contributed by atoms with Crippen LogP contribution in [0.3, 0.4) is 0 Å². The van der Waals surface area contributed by atoms with Crippen LogP contribution in [0.2, 0.25) is 0 Å². The number of fused-ring (bicyclic) bond motifs is 1. The molecule has 0 saturated heterocycles. The average molecular weight is 479 g/mol. The van der Waals surface area contributed by atoms with Crippen LogP contribution in [0, 0.1) is 11.3 Å².